The van der Waals surface area contributed by atoms with Gasteiger partial charge in [-0.2, -0.15) is 0 Å². The van der Waals surface area contributed by atoms with E-state index in [4.69, 9.17) is 32.7 Å². The molecule has 11 heteroatoms. The molecule has 1 saturated heterocycles. The maximum Gasteiger partial charge on any atom is 0.344 e. The second-order valence-electron chi connectivity index (χ2n) is 6.63. The van der Waals surface area contributed by atoms with Crippen LogP contribution in [0.15, 0.2) is 18.2 Å². The van der Waals surface area contributed by atoms with Gasteiger partial charge in [0.15, 0.2) is 28.8 Å². The molecule has 0 aliphatic carbocycles. The highest BCUT2D eigenvalue weighted by molar-refractivity contribution is 7.91. The number of carbonyl (C=O) groups excluding carboxylic acids is 2. The van der Waals surface area contributed by atoms with Crippen LogP contribution in [0.3, 0.4) is 0 Å². The first-order chi connectivity index (χ1) is 13.6. The Morgan fingerprint density at radius 3 is 2.69 bits per heavy atom. The predicted molar refractivity (Wildman–Crippen MR) is 108 cm³/mol. The lowest BCUT2D eigenvalue weighted by Crippen LogP contribution is -2.38. The van der Waals surface area contributed by atoms with Gasteiger partial charge in [0.2, 0.25) is 0 Å². The first-order valence-corrected chi connectivity index (χ1v) is 11.3. The second kappa shape index (κ2) is 8.73. The molecule has 1 aliphatic heterocycles. The number of aryl methyl sites for hydroxylation is 1. The minimum absolute atomic E-state index is 0.0366. The van der Waals surface area contributed by atoms with Crippen LogP contribution in [0.2, 0.25) is 10.0 Å². The van der Waals surface area contributed by atoms with E-state index in [1.165, 1.54) is 6.07 Å². The summed E-state index contributed by atoms with van der Waals surface area (Å²) < 4.78 is 33.1. The lowest BCUT2D eigenvalue weighted by atomic mass is 10.2. The molecule has 2 aromatic rings. The molecule has 8 nitrogen and oxygen atoms in total. The molecule has 0 radical (unpaired) electrons. The van der Waals surface area contributed by atoms with Gasteiger partial charge in [-0.1, -0.05) is 23.2 Å². The van der Waals surface area contributed by atoms with Crippen molar-refractivity contribution < 1.29 is 27.5 Å². The Kier molecular flexibility index (Phi) is 6.50. The van der Waals surface area contributed by atoms with Gasteiger partial charge >= 0.3 is 5.97 Å². The van der Waals surface area contributed by atoms with Crippen LogP contribution < -0.4 is 10.1 Å². The van der Waals surface area contributed by atoms with Crippen molar-refractivity contribution in [2.45, 2.75) is 19.4 Å². The van der Waals surface area contributed by atoms with Gasteiger partial charge in [-0.05, 0) is 31.5 Å². The summed E-state index contributed by atoms with van der Waals surface area (Å²) >= 11 is 12.3. The van der Waals surface area contributed by atoms with Gasteiger partial charge < -0.3 is 14.8 Å². The quantitative estimate of drug-likeness (QED) is 0.656. The molecular weight excluding hydrogens is 443 g/mol. The van der Waals surface area contributed by atoms with Crippen molar-refractivity contribution >= 4 is 55.8 Å². The highest BCUT2D eigenvalue weighted by atomic mass is 35.5. The zero-order chi connectivity index (χ0) is 21.2. The van der Waals surface area contributed by atoms with Crippen molar-refractivity contribution in [3.63, 3.8) is 0 Å². The Labute approximate surface area is 177 Å². The van der Waals surface area contributed by atoms with Crippen molar-refractivity contribution in [1.29, 1.82) is 0 Å². The number of pyridine rings is 1. The fraction of sp³-hybridized carbons (Fsp3) is 0.389. The van der Waals surface area contributed by atoms with E-state index < -0.39 is 41.0 Å². The Bertz CT molecular complexity index is 1070. The van der Waals surface area contributed by atoms with Crippen molar-refractivity contribution in [3.05, 3.63) is 33.9 Å². The number of benzene rings is 1. The molecule has 1 aromatic carbocycles. The number of nitrogens with zero attached hydrogens (tertiary/aromatic N) is 1. The number of fused-ring (bicyclic) bond motifs is 1. The number of aromatic nitrogens is 1. The van der Waals surface area contributed by atoms with E-state index in [9.17, 15) is 18.0 Å². The fourth-order valence-corrected chi connectivity index (χ4v) is 5.17. The van der Waals surface area contributed by atoms with Gasteiger partial charge in [0, 0.05) is 17.1 Å². The summed E-state index contributed by atoms with van der Waals surface area (Å²) in [6, 6.07) is 4.59. The van der Waals surface area contributed by atoms with E-state index in [-0.39, 0.29) is 22.3 Å². The number of amides is 1. The van der Waals surface area contributed by atoms with Crippen molar-refractivity contribution in [2.75, 3.05) is 24.7 Å². The van der Waals surface area contributed by atoms with Gasteiger partial charge in [0.05, 0.1) is 21.6 Å². The molecule has 2 heterocycles. The summed E-state index contributed by atoms with van der Waals surface area (Å²) in [6.07, 6.45) is 0.347. The summed E-state index contributed by atoms with van der Waals surface area (Å²) in [7, 11) is -3.11. The minimum atomic E-state index is -3.11. The van der Waals surface area contributed by atoms with Crippen LogP contribution in [-0.4, -0.2) is 56.0 Å². The number of nitrogens with one attached hydrogen (secondary N) is 1. The van der Waals surface area contributed by atoms with E-state index in [0.29, 0.717) is 28.0 Å². The van der Waals surface area contributed by atoms with Crippen molar-refractivity contribution in [3.8, 4) is 5.75 Å². The minimum Gasteiger partial charge on any atom is -0.478 e. The number of hydrogen-bond acceptors (Lipinski definition) is 7. The number of halogens is 2. The van der Waals surface area contributed by atoms with Gasteiger partial charge in [0.25, 0.3) is 5.91 Å². The van der Waals surface area contributed by atoms with Crippen LogP contribution >= 0.6 is 23.2 Å². The van der Waals surface area contributed by atoms with Crippen LogP contribution in [0.5, 0.6) is 5.75 Å². The Morgan fingerprint density at radius 1 is 1.24 bits per heavy atom. The lowest BCUT2D eigenvalue weighted by Gasteiger charge is -2.13. The molecular formula is C18H18Cl2N2O6S. The van der Waals surface area contributed by atoms with Crippen LogP contribution in [0.4, 0.5) is 0 Å². The lowest BCUT2D eigenvalue weighted by molar-refractivity contribution is -0.150. The molecule has 0 spiro atoms. The number of carbonyl (C=O) groups is 2. The number of esters is 1. The van der Waals surface area contributed by atoms with Crippen LogP contribution in [0.25, 0.3) is 10.9 Å². The molecule has 1 amide bonds. The maximum atomic E-state index is 11.9. The molecule has 29 heavy (non-hydrogen) atoms. The molecule has 1 unspecified atom stereocenters. The molecule has 0 saturated carbocycles. The van der Waals surface area contributed by atoms with E-state index in [1.54, 1.807) is 19.1 Å². The zero-order valence-corrected chi connectivity index (χ0v) is 17.7. The second-order valence-corrected chi connectivity index (χ2v) is 9.68. The monoisotopic (exact) mass is 460 g/mol. The standard InChI is InChI=1S/C18H18Cl2N2O6S/c1-10-2-3-12-13(19)6-14(20)18(17(12)21-10)28-8-16(24)27-7-15(23)22-11-4-5-29(25,26)9-11/h2-3,6,11H,4-5,7-9H2,1H3,(H,22,23). The smallest absolute Gasteiger partial charge is 0.344 e. The van der Waals surface area contributed by atoms with Gasteiger partial charge in [-0.15, -0.1) is 0 Å². The van der Waals surface area contributed by atoms with Crippen LogP contribution in [0, 0.1) is 6.92 Å². The van der Waals surface area contributed by atoms with Crippen molar-refractivity contribution in [2.24, 2.45) is 0 Å². The molecule has 0 bridgehead atoms. The molecule has 156 valence electrons. The molecule has 1 atom stereocenters. The Balaban J connectivity index is 1.56. The molecule has 1 aliphatic rings. The average molecular weight is 461 g/mol. The summed E-state index contributed by atoms with van der Waals surface area (Å²) in [4.78, 5) is 28.1. The maximum absolute atomic E-state index is 11.9. The highest BCUT2D eigenvalue weighted by Gasteiger charge is 2.29. The third kappa shape index (κ3) is 5.49. The third-order valence-electron chi connectivity index (χ3n) is 4.27. The normalized spacial score (nSPS) is 17.8. The van der Waals surface area contributed by atoms with Crippen LogP contribution in [-0.2, 0) is 24.2 Å². The zero-order valence-electron chi connectivity index (χ0n) is 15.4. The Hall–Kier alpha value is -2.10. The predicted octanol–water partition coefficient (Wildman–Crippen LogP) is 2.08. The van der Waals surface area contributed by atoms with Gasteiger partial charge in [0.1, 0.15) is 5.52 Å². The number of ether oxygens (including phenoxy) is 2. The van der Waals surface area contributed by atoms with Gasteiger partial charge in [-0.25, -0.2) is 18.2 Å². The summed E-state index contributed by atoms with van der Waals surface area (Å²) in [6.45, 7) is 0.767. The SMILES string of the molecule is Cc1ccc2c(Cl)cc(Cl)c(OCC(=O)OCC(=O)NC3CCS(=O)(=O)C3)c2n1. The molecule has 3 rings (SSSR count). The van der Waals surface area contributed by atoms with Gasteiger partial charge in [-0.3, -0.25) is 4.79 Å². The summed E-state index contributed by atoms with van der Waals surface area (Å²) in [5.74, 6) is -1.25. The molecule has 1 fully saturated rings. The molecule has 1 N–H and O–H groups in total. The third-order valence-corrected chi connectivity index (χ3v) is 6.63. The summed E-state index contributed by atoms with van der Waals surface area (Å²) in [5.41, 5.74) is 1.13. The van der Waals surface area contributed by atoms with E-state index in [2.05, 4.69) is 10.3 Å². The number of hydrogen-bond donors (Lipinski definition) is 1. The number of sulfone groups is 1. The number of rotatable bonds is 6. The first kappa shape index (κ1) is 21.6. The highest BCUT2D eigenvalue weighted by Crippen LogP contribution is 2.37. The van der Waals surface area contributed by atoms with E-state index >= 15 is 0 Å². The van der Waals surface area contributed by atoms with Crippen LogP contribution in [0.1, 0.15) is 12.1 Å². The van der Waals surface area contributed by atoms with Crippen molar-refractivity contribution in [1.82, 2.24) is 10.3 Å². The fourth-order valence-electron chi connectivity index (χ4n) is 2.92. The largest absolute Gasteiger partial charge is 0.478 e. The van der Waals surface area contributed by atoms with E-state index in [0.717, 1.165) is 0 Å². The first-order valence-electron chi connectivity index (χ1n) is 8.68. The molecule has 1 aromatic heterocycles. The Morgan fingerprint density at radius 2 is 2.00 bits per heavy atom. The summed E-state index contributed by atoms with van der Waals surface area (Å²) in [5, 5.41) is 3.74. The average Bonchev–Trinajstić information content (AvgIpc) is 2.97. The van der Waals surface area contributed by atoms with E-state index in [1.807, 2.05) is 0 Å². The topological polar surface area (TPSA) is 112 Å².